The number of benzene rings is 2. The van der Waals surface area contributed by atoms with Crippen molar-refractivity contribution in [3.05, 3.63) is 59.7 Å². The standard InChI is InChI=1S/C21H24N2O4/c1-2-26-18-11-9-17(10-12-18)23-21(25)16-7-5-15(6-8-16)20(24)22-14-19-4-3-13-27-19/h5-12,19H,2-4,13-14H2,1H3,(H,22,24)(H,23,25). The van der Waals surface area contributed by atoms with Crippen molar-refractivity contribution in [3.63, 3.8) is 0 Å². The summed E-state index contributed by atoms with van der Waals surface area (Å²) in [5, 5.41) is 5.70. The zero-order chi connectivity index (χ0) is 19.1. The lowest BCUT2D eigenvalue weighted by Crippen LogP contribution is -2.31. The quantitative estimate of drug-likeness (QED) is 0.787. The van der Waals surface area contributed by atoms with Gasteiger partial charge in [0.25, 0.3) is 11.8 Å². The Morgan fingerprint density at radius 1 is 1.04 bits per heavy atom. The van der Waals surface area contributed by atoms with E-state index in [0.717, 1.165) is 25.2 Å². The third kappa shape index (κ3) is 5.31. The van der Waals surface area contributed by atoms with Crippen molar-refractivity contribution < 1.29 is 19.1 Å². The van der Waals surface area contributed by atoms with Crippen LogP contribution >= 0.6 is 0 Å². The summed E-state index contributed by atoms with van der Waals surface area (Å²) in [4.78, 5) is 24.5. The summed E-state index contributed by atoms with van der Waals surface area (Å²) in [5.74, 6) is 0.364. The number of amides is 2. The Balaban J connectivity index is 1.53. The number of nitrogens with one attached hydrogen (secondary N) is 2. The Morgan fingerprint density at radius 3 is 2.30 bits per heavy atom. The molecule has 1 aliphatic heterocycles. The van der Waals surface area contributed by atoms with Crippen LogP contribution < -0.4 is 15.4 Å². The van der Waals surface area contributed by atoms with Crippen LogP contribution in [0.25, 0.3) is 0 Å². The maximum atomic E-state index is 12.3. The molecule has 2 aromatic rings. The van der Waals surface area contributed by atoms with Crippen LogP contribution in [0.2, 0.25) is 0 Å². The zero-order valence-corrected chi connectivity index (χ0v) is 15.4. The van der Waals surface area contributed by atoms with E-state index in [-0.39, 0.29) is 17.9 Å². The fourth-order valence-electron chi connectivity index (χ4n) is 2.89. The second-order valence-corrected chi connectivity index (χ2v) is 6.33. The van der Waals surface area contributed by atoms with E-state index in [9.17, 15) is 9.59 Å². The molecule has 0 aromatic heterocycles. The topological polar surface area (TPSA) is 76.7 Å². The minimum Gasteiger partial charge on any atom is -0.494 e. The SMILES string of the molecule is CCOc1ccc(NC(=O)c2ccc(C(=O)NCC3CCCO3)cc2)cc1. The predicted octanol–water partition coefficient (Wildman–Crippen LogP) is 3.25. The van der Waals surface area contributed by atoms with E-state index in [2.05, 4.69) is 10.6 Å². The summed E-state index contributed by atoms with van der Waals surface area (Å²) in [7, 11) is 0. The van der Waals surface area contributed by atoms with Gasteiger partial charge in [0, 0.05) is 30.0 Å². The van der Waals surface area contributed by atoms with Gasteiger partial charge in [-0.1, -0.05) is 0 Å². The van der Waals surface area contributed by atoms with Gasteiger partial charge in [-0.05, 0) is 68.3 Å². The number of anilines is 1. The normalized spacial score (nSPS) is 16.0. The van der Waals surface area contributed by atoms with E-state index in [4.69, 9.17) is 9.47 Å². The molecule has 2 amide bonds. The van der Waals surface area contributed by atoms with Crippen LogP contribution in [0.5, 0.6) is 5.75 Å². The number of hydrogen-bond acceptors (Lipinski definition) is 4. The molecule has 3 rings (SSSR count). The molecule has 1 heterocycles. The first-order valence-corrected chi connectivity index (χ1v) is 9.20. The summed E-state index contributed by atoms with van der Waals surface area (Å²) >= 11 is 0. The molecular weight excluding hydrogens is 344 g/mol. The summed E-state index contributed by atoms with van der Waals surface area (Å²) < 4.78 is 10.9. The molecule has 6 heteroatoms. The van der Waals surface area contributed by atoms with Gasteiger partial charge < -0.3 is 20.1 Å². The molecule has 0 saturated carbocycles. The Hall–Kier alpha value is -2.86. The number of carbonyl (C=O) groups excluding carboxylic acids is 2. The van der Waals surface area contributed by atoms with E-state index in [1.165, 1.54) is 0 Å². The third-order valence-electron chi connectivity index (χ3n) is 4.35. The zero-order valence-electron chi connectivity index (χ0n) is 15.4. The highest BCUT2D eigenvalue weighted by Gasteiger charge is 2.17. The van der Waals surface area contributed by atoms with Crippen molar-refractivity contribution in [1.29, 1.82) is 0 Å². The molecule has 1 aliphatic rings. The molecule has 27 heavy (non-hydrogen) atoms. The van der Waals surface area contributed by atoms with Gasteiger partial charge in [0.1, 0.15) is 5.75 Å². The van der Waals surface area contributed by atoms with Crippen molar-refractivity contribution in [1.82, 2.24) is 5.32 Å². The fraction of sp³-hybridized carbons (Fsp3) is 0.333. The predicted molar refractivity (Wildman–Crippen MR) is 103 cm³/mol. The van der Waals surface area contributed by atoms with E-state index in [1.54, 1.807) is 48.5 Å². The molecule has 0 spiro atoms. The molecule has 142 valence electrons. The molecule has 0 aliphatic carbocycles. The maximum Gasteiger partial charge on any atom is 0.255 e. The average Bonchev–Trinajstić information content (AvgIpc) is 3.21. The van der Waals surface area contributed by atoms with Crippen LogP contribution in [0.4, 0.5) is 5.69 Å². The van der Waals surface area contributed by atoms with Crippen molar-refractivity contribution in [2.45, 2.75) is 25.9 Å². The fourth-order valence-corrected chi connectivity index (χ4v) is 2.89. The highest BCUT2D eigenvalue weighted by atomic mass is 16.5. The average molecular weight is 368 g/mol. The van der Waals surface area contributed by atoms with Gasteiger partial charge in [-0.15, -0.1) is 0 Å². The van der Waals surface area contributed by atoms with E-state index in [0.29, 0.717) is 30.0 Å². The third-order valence-corrected chi connectivity index (χ3v) is 4.35. The molecule has 1 saturated heterocycles. The van der Waals surface area contributed by atoms with Gasteiger partial charge in [-0.25, -0.2) is 0 Å². The molecule has 2 N–H and O–H groups in total. The molecule has 1 fully saturated rings. The molecule has 0 bridgehead atoms. The number of hydrogen-bond donors (Lipinski definition) is 2. The van der Waals surface area contributed by atoms with Crippen molar-refractivity contribution in [2.24, 2.45) is 0 Å². The van der Waals surface area contributed by atoms with Gasteiger partial charge in [-0.3, -0.25) is 9.59 Å². The first-order chi connectivity index (χ1) is 13.2. The Kier molecular flexibility index (Phi) is 6.44. The van der Waals surface area contributed by atoms with E-state index in [1.807, 2.05) is 6.92 Å². The lowest BCUT2D eigenvalue weighted by Gasteiger charge is -2.11. The van der Waals surface area contributed by atoms with Crippen molar-refractivity contribution in [2.75, 3.05) is 25.1 Å². The lowest BCUT2D eigenvalue weighted by atomic mass is 10.1. The van der Waals surface area contributed by atoms with Gasteiger partial charge >= 0.3 is 0 Å². The Bertz CT molecular complexity index is 766. The number of ether oxygens (including phenoxy) is 2. The minimum atomic E-state index is -0.231. The highest BCUT2D eigenvalue weighted by molar-refractivity contribution is 6.05. The van der Waals surface area contributed by atoms with Gasteiger partial charge in [0.2, 0.25) is 0 Å². The van der Waals surface area contributed by atoms with Crippen LogP contribution in [-0.2, 0) is 4.74 Å². The Labute approximate surface area is 158 Å². The van der Waals surface area contributed by atoms with Crippen LogP contribution in [0, 0.1) is 0 Å². The summed E-state index contributed by atoms with van der Waals surface area (Å²) in [6, 6.07) is 13.8. The smallest absolute Gasteiger partial charge is 0.255 e. The van der Waals surface area contributed by atoms with Crippen LogP contribution in [0.3, 0.4) is 0 Å². The number of rotatable bonds is 7. The molecular formula is C21H24N2O4. The van der Waals surface area contributed by atoms with Crippen LogP contribution in [0.15, 0.2) is 48.5 Å². The molecule has 2 aromatic carbocycles. The summed E-state index contributed by atoms with van der Waals surface area (Å²) in [6.07, 6.45) is 2.12. The summed E-state index contributed by atoms with van der Waals surface area (Å²) in [6.45, 7) is 3.79. The van der Waals surface area contributed by atoms with Gasteiger partial charge in [-0.2, -0.15) is 0 Å². The highest BCUT2D eigenvalue weighted by Crippen LogP contribution is 2.17. The van der Waals surface area contributed by atoms with Crippen LogP contribution in [-0.4, -0.2) is 37.7 Å². The summed E-state index contributed by atoms with van der Waals surface area (Å²) in [5.41, 5.74) is 1.69. The first kappa shape index (κ1) is 18.9. The molecule has 6 nitrogen and oxygen atoms in total. The molecule has 0 radical (unpaired) electrons. The van der Waals surface area contributed by atoms with Gasteiger partial charge in [0.05, 0.1) is 12.7 Å². The maximum absolute atomic E-state index is 12.3. The molecule has 1 unspecified atom stereocenters. The van der Waals surface area contributed by atoms with E-state index < -0.39 is 0 Å². The van der Waals surface area contributed by atoms with Crippen molar-refractivity contribution in [3.8, 4) is 5.75 Å². The Morgan fingerprint density at radius 2 is 1.70 bits per heavy atom. The van der Waals surface area contributed by atoms with E-state index >= 15 is 0 Å². The monoisotopic (exact) mass is 368 g/mol. The lowest BCUT2D eigenvalue weighted by molar-refractivity contribution is 0.0857. The largest absolute Gasteiger partial charge is 0.494 e. The first-order valence-electron chi connectivity index (χ1n) is 9.20. The second-order valence-electron chi connectivity index (χ2n) is 6.33. The second kappa shape index (κ2) is 9.19. The van der Waals surface area contributed by atoms with Gasteiger partial charge in [0.15, 0.2) is 0 Å². The number of carbonyl (C=O) groups is 2. The minimum absolute atomic E-state index is 0.105. The molecule has 1 atom stereocenters. The van der Waals surface area contributed by atoms with Crippen LogP contribution in [0.1, 0.15) is 40.5 Å². The van der Waals surface area contributed by atoms with Crippen molar-refractivity contribution >= 4 is 17.5 Å².